The number of unbranched alkanes of at least 4 members (excludes halogenated alkanes) is 2. The van der Waals surface area contributed by atoms with Crippen molar-refractivity contribution in [1.82, 2.24) is 0 Å². The molecule has 0 heterocycles. The van der Waals surface area contributed by atoms with Gasteiger partial charge in [-0.2, -0.15) is 49.2 Å². The molecular formula is C18H28V. The van der Waals surface area contributed by atoms with Gasteiger partial charge in [-0.25, -0.2) is 24.3 Å². The van der Waals surface area contributed by atoms with Gasteiger partial charge in [-0.3, -0.25) is 0 Å². The maximum absolute atomic E-state index is 3.60. The molecule has 0 bridgehead atoms. The molecule has 0 amide bonds. The molecule has 0 aliphatic carbocycles. The molecule has 2 rings (SSSR count). The summed E-state index contributed by atoms with van der Waals surface area (Å²) in [5.74, 6) is 0. The van der Waals surface area contributed by atoms with Gasteiger partial charge in [0.25, 0.3) is 0 Å². The fourth-order valence-corrected chi connectivity index (χ4v) is 0.642. The minimum Gasteiger partial charge on any atom is -0.343 e. The summed E-state index contributed by atoms with van der Waals surface area (Å²) < 4.78 is 0. The van der Waals surface area contributed by atoms with Crippen molar-refractivity contribution >= 4 is 0 Å². The molecule has 0 aliphatic rings. The molecule has 0 N–H and O–H groups in total. The van der Waals surface area contributed by atoms with Crippen LogP contribution in [0.15, 0.2) is 60.7 Å². The molecule has 0 saturated heterocycles. The molecule has 105 valence electrons. The van der Waals surface area contributed by atoms with Crippen LogP contribution in [0.1, 0.15) is 39.5 Å². The predicted octanol–water partition coefficient (Wildman–Crippen LogP) is 6.05. The zero-order chi connectivity index (χ0) is 13.9. The smallest absolute Gasteiger partial charge is 0.343 e. The van der Waals surface area contributed by atoms with Gasteiger partial charge in [-0.15, -0.1) is 0 Å². The van der Waals surface area contributed by atoms with E-state index in [1.165, 1.54) is 12.8 Å². The maximum Gasteiger partial charge on any atom is 4.00 e. The fourth-order valence-electron chi connectivity index (χ4n) is 0.642. The number of rotatable bonds is 2. The quantitative estimate of drug-likeness (QED) is 0.592. The van der Waals surface area contributed by atoms with Crippen molar-refractivity contribution < 1.29 is 18.6 Å². The van der Waals surface area contributed by atoms with Crippen molar-refractivity contribution in [2.45, 2.75) is 39.5 Å². The van der Waals surface area contributed by atoms with Gasteiger partial charge in [0.05, 0.1) is 0 Å². The fraction of sp³-hybridized carbons (Fsp3) is 0.333. The average molecular weight is 295 g/mol. The third-order valence-electron chi connectivity index (χ3n) is 1.82. The molecule has 2 aromatic rings. The summed E-state index contributed by atoms with van der Waals surface area (Å²) in [4.78, 5) is 0. The van der Waals surface area contributed by atoms with E-state index in [1.807, 2.05) is 60.7 Å². The van der Waals surface area contributed by atoms with Gasteiger partial charge in [0, 0.05) is 0 Å². The van der Waals surface area contributed by atoms with Gasteiger partial charge in [0.1, 0.15) is 0 Å². The molecule has 0 aromatic heterocycles. The van der Waals surface area contributed by atoms with Crippen LogP contribution in [0.25, 0.3) is 0 Å². The average Bonchev–Trinajstić information content (AvgIpc) is 3.14. The Labute approximate surface area is 132 Å². The van der Waals surface area contributed by atoms with Crippen molar-refractivity contribution in [3.05, 3.63) is 74.5 Å². The van der Waals surface area contributed by atoms with E-state index in [4.69, 9.17) is 0 Å². The Morgan fingerprint density at radius 3 is 0.947 bits per heavy atom. The molecule has 0 aliphatic heterocycles. The van der Waals surface area contributed by atoms with Crippen LogP contribution >= 0.6 is 0 Å². The van der Waals surface area contributed by atoms with Gasteiger partial charge in [-0.05, 0) is 0 Å². The molecule has 1 heteroatoms. The van der Waals surface area contributed by atoms with Crippen LogP contribution < -0.4 is 0 Å². The predicted molar refractivity (Wildman–Crippen MR) is 84.6 cm³/mol. The molecular weight excluding hydrogens is 267 g/mol. The molecule has 0 nitrogen and oxygen atoms in total. The standard InChI is InChI=1S/2C5H5.2C4H9.V/c2*1-2-4-5-3-1;2*1-3-4-2;/h2*1-5H;2*1,3-4H2,2H3;/q4*-1;+4. The van der Waals surface area contributed by atoms with Gasteiger partial charge in [-0.1, -0.05) is 26.7 Å². The Bertz CT molecular complexity index is 187. The third kappa shape index (κ3) is 31.7. The van der Waals surface area contributed by atoms with Crippen LogP contribution in [0, 0.1) is 13.8 Å². The second-order valence-electron chi connectivity index (χ2n) is 3.63. The second-order valence-corrected chi connectivity index (χ2v) is 3.63. The summed E-state index contributed by atoms with van der Waals surface area (Å²) in [6.07, 6.45) is 4.56. The topological polar surface area (TPSA) is 0 Å². The minimum atomic E-state index is 0. The van der Waals surface area contributed by atoms with E-state index in [0.717, 1.165) is 12.8 Å². The van der Waals surface area contributed by atoms with E-state index in [1.54, 1.807) is 0 Å². The molecule has 0 saturated carbocycles. The summed E-state index contributed by atoms with van der Waals surface area (Å²) in [6, 6.07) is 20.0. The normalized spacial score (nSPS) is 7.37. The monoisotopic (exact) mass is 295 g/mol. The van der Waals surface area contributed by atoms with Crippen LogP contribution in [0.3, 0.4) is 0 Å². The van der Waals surface area contributed by atoms with E-state index < -0.39 is 0 Å². The summed E-state index contributed by atoms with van der Waals surface area (Å²) >= 11 is 0. The van der Waals surface area contributed by atoms with Crippen LogP contribution in [-0.4, -0.2) is 0 Å². The van der Waals surface area contributed by atoms with E-state index >= 15 is 0 Å². The van der Waals surface area contributed by atoms with Crippen molar-refractivity contribution in [2.75, 3.05) is 0 Å². The molecule has 1 radical (unpaired) electrons. The summed E-state index contributed by atoms with van der Waals surface area (Å²) in [5, 5.41) is 0. The molecule has 2 aromatic carbocycles. The first-order chi connectivity index (χ1) is 8.83. The van der Waals surface area contributed by atoms with Crippen LogP contribution in [-0.2, 0) is 18.6 Å². The van der Waals surface area contributed by atoms with E-state index in [0.29, 0.717) is 0 Å². The van der Waals surface area contributed by atoms with E-state index in [-0.39, 0.29) is 18.6 Å². The third-order valence-corrected chi connectivity index (χ3v) is 1.82. The molecule has 0 unspecified atom stereocenters. The zero-order valence-corrected chi connectivity index (χ0v) is 13.9. The van der Waals surface area contributed by atoms with Gasteiger partial charge >= 0.3 is 18.6 Å². The first kappa shape index (κ1) is 23.4. The summed E-state index contributed by atoms with van der Waals surface area (Å²) in [6.45, 7) is 11.4. The van der Waals surface area contributed by atoms with Crippen molar-refractivity contribution in [3.63, 3.8) is 0 Å². The van der Waals surface area contributed by atoms with Crippen molar-refractivity contribution in [1.29, 1.82) is 0 Å². The summed E-state index contributed by atoms with van der Waals surface area (Å²) in [5.41, 5.74) is 0. The SMILES string of the molecule is [CH2-]CCC.[CH2-]CCC.[V+4].c1cc[cH-]c1.c1cc[cH-]c1. The van der Waals surface area contributed by atoms with E-state index in [9.17, 15) is 0 Å². The zero-order valence-electron chi connectivity index (χ0n) is 12.5. The first-order valence-electron chi connectivity index (χ1n) is 6.75. The number of hydrogen-bond acceptors (Lipinski definition) is 0. The Morgan fingerprint density at radius 2 is 0.895 bits per heavy atom. The van der Waals surface area contributed by atoms with Crippen molar-refractivity contribution in [2.24, 2.45) is 0 Å². The Kier molecular flexibility index (Phi) is 32.0. The van der Waals surface area contributed by atoms with Crippen LogP contribution in [0.2, 0.25) is 0 Å². The van der Waals surface area contributed by atoms with Gasteiger partial charge in [0.2, 0.25) is 0 Å². The van der Waals surface area contributed by atoms with Crippen molar-refractivity contribution in [3.8, 4) is 0 Å². The summed E-state index contributed by atoms with van der Waals surface area (Å²) in [7, 11) is 0. The van der Waals surface area contributed by atoms with Gasteiger partial charge < -0.3 is 13.8 Å². The molecule has 0 spiro atoms. The molecule has 0 fully saturated rings. The Morgan fingerprint density at radius 1 is 0.684 bits per heavy atom. The Hall–Kier alpha value is -0.716. The second kappa shape index (κ2) is 26.0. The molecule has 0 atom stereocenters. The maximum atomic E-state index is 3.60. The molecule has 19 heavy (non-hydrogen) atoms. The first-order valence-corrected chi connectivity index (χ1v) is 6.75. The Balaban J connectivity index is -0.000000178. The van der Waals surface area contributed by atoms with Crippen LogP contribution in [0.4, 0.5) is 0 Å². The van der Waals surface area contributed by atoms with Crippen LogP contribution in [0.5, 0.6) is 0 Å². The largest absolute Gasteiger partial charge is 4.00 e. The van der Waals surface area contributed by atoms with Gasteiger partial charge in [0.15, 0.2) is 0 Å². The minimum absolute atomic E-state index is 0. The number of hydrogen-bond donors (Lipinski definition) is 0. The van der Waals surface area contributed by atoms with E-state index in [2.05, 4.69) is 27.7 Å².